The summed E-state index contributed by atoms with van der Waals surface area (Å²) in [5, 5.41) is 2.57. The molecular formula is C13H15NO2. The number of hydrogen-bond donors (Lipinski definition) is 1. The number of ether oxygens (including phenoxy) is 1. The normalized spacial score (nSPS) is 9.25. The molecule has 0 spiro atoms. The first-order chi connectivity index (χ1) is 7.72. The average Bonchev–Trinajstić information content (AvgIpc) is 2.26. The van der Waals surface area contributed by atoms with Crippen molar-refractivity contribution in [1.29, 1.82) is 0 Å². The summed E-state index contributed by atoms with van der Waals surface area (Å²) in [6, 6.07) is 7.71. The van der Waals surface area contributed by atoms with Crippen molar-refractivity contribution in [1.82, 2.24) is 5.32 Å². The van der Waals surface area contributed by atoms with E-state index < -0.39 is 0 Å². The highest BCUT2D eigenvalue weighted by Crippen LogP contribution is 2.12. The molecule has 0 aliphatic heterocycles. The number of carbonyl (C=O) groups is 1. The van der Waals surface area contributed by atoms with Crippen LogP contribution in [0.15, 0.2) is 24.3 Å². The maximum Gasteiger partial charge on any atom is 0.224 e. The molecule has 0 fully saturated rings. The van der Waals surface area contributed by atoms with E-state index in [-0.39, 0.29) is 12.5 Å². The molecular weight excluding hydrogens is 202 g/mol. The van der Waals surface area contributed by atoms with E-state index in [2.05, 4.69) is 11.2 Å². The number of benzene rings is 1. The minimum Gasteiger partial charge on any atom is -0.493 e. The third kappa shape index (κ3) is 4.52. The van der Waals surface area contributed by atoms with Crippen LogP contribution in [0.4, 0.5) is 0 Å². The van der Waals surface area contributed by atoms with Crippen LogP contribution in [-0.4, -0.2) is 19.1 Å². The number of nitrogens with one attached hydrogen (secondary N) is 1. The molecule has 0 saturated carbocycles. The van der Waals surface area contributed by atoms with Crippen molar-refractivity contribution in [2.75, 3.05) is 13.2 Å². The fourth-order valence-electron chi connectivity index (χ4n) is 1.20. The summed E-state index contributed by atoms with van der Waals surface area (Å²) in [4.78, 5) is 11.2. The molecule has 1 amide bonds. The van der Waals surface area contributed by atoms with Gasteiger partial charge in [0.2, 0.25) is 5.91 Å². The molecule has 0 atom stereocenters. The molecule has 3 nitrogen and oxygen atoms in total. The van der Waals surface area contributed by atoms with Crippen molar-refractivity contribution in [2.45, 2.75) is 13.3 Å². The Kier molecular flexibility index (Phi) is 4.94. The molecule has 0 unspecified atom stereocenters. The summed E-state index contributed by atoms with van der Waals surface area (Å²) in [5.41, 5.74) is 1.13. The number of aryl methyl sites for hydroxylation is 1. The van der Waals surface area contributed by atoms with E-state index in [1.807, 2.05) is 31.2 Å². The molecule has 0 aliphatic rings. The monoisotopic (exact) mass is 217 g/mol. The first-order valence-corrected chi connectivity index (χ1v) is 5.12. The quantitative estimate of drug-likeness (QED) is 0.759. The molecule has 1 rings (SSSR count). The van der Waals surface area contributed by atoms with Crippen molar-refractivity contribution in [3.8, 4) is 18.1 Å². The van der Waals surface area contributed by atoms with E-state index in [1.165, 1.54) is 0 Å². The Morgan fingerprint density at radius 2 is 2.38 bits per heavy atom. The zero-order valence-electron chi connectivity index (χ0n) is 9.32. The van der Waals surface area contributed by atoms with Gasteiger partial charge in [-0.3, -0.25) is 4.79 Å². The Morgan fingerprint density at radius 3 is 3.06 bits per heavy atom. The Labute approximate surface area is 95.8 Å². The lowest BCUT2D eigenvalue weighted by atomic mass is 10.2. The lowest BCUT2D eigenvalue weighted by Gasteiger charge is -2.06. The molecule has 1 N–H and O–H groups in total. The SMILES string of the molecule is C#CCNC(=O)CCOc1cccc(C)c1. The summed E-state index contributed by atoms with van der Waals surface area (Å²) in [5.74, 6) is 3.03. The first kappa shape index (κ1) is 12.1. The highest BCUT2D eigenvalue weighted by atomic mass is 16.5. The molecule has 1 aromatic rings. The first-order valence-electron chi connectivity index (χ1n) is 5.12. The predicted molar refractivity (Wildman–Crippen MR) is 63.1 cm³/mol. The third-order valence-corrected chi connectivity index (χ3v) is 1.98. The van der Waals surface area contributed by atoms with Crippen LogP contribution in [0.2, 0.25) is 0 Å². The minimum atomic E-state index is -0.0920. The molecule has 0 radical (unpaired) electrons. The number of hydrogen-bond acceptors (Lipinski definition) is 2. The van der Waals surface area contributed by atoms with E-state index >= 15 is 0 Å². The van der Waals surface area contributed by atoms with E-state index in [9.17, 15) is 4.79 Å². The van der Waals surface area contributed by atoms with Gasteiger partial charge in [0.05, 0.1) is 19.6 Å². The molecule has 3 heteroatoms. The second-order valence-corrected chi connectivity index (χ2v) is 3.40. The summed E-state index contributed by atoms with van der Waals surface area (Å²) in [7, 11) is 0. The van der Waals surface area contributed by atoms with Gasteiger partial charge in [-0.25, -0.2) is 0 Å². The van der Waals surface area contributed by atoms with Crippen molar-refractivity contribution in [2.24, 2.45) is 0 Å². The number of amides is 1. The predicted octanol–water partition coefficient (Wildman–Crippen LogP) is 1.51. The summed E-state index contributed by atoms with van der Waals surface area (Å²) in [6.07, 6.45) is 5.33. The molecule has 0 bridgehead atoms. The highest BCUT2D eigenvalue weighted by molar-refractivity contribution is 5.76. The summed E-state index contributed by atoms with van der Waals surface area (Å²) >= 11 is 0. The van der Waals surface area contributed by atoms with E-state index in [4.69, 9.17) is 11.2 Å². The van der Waals surface area contributed by atoms with Gasteiger partial charge in [-0.2, -0.15) is 0 Å². The van der Waals surface area contributed by atoms with Crippen LogP contribution in [-0.2, 0) is 4.79 Å². The highest BCUT2D eigenvalue weighted by Gasteiger charge is 2.00. The van der Waals surface area contributed by atoms with Gasteiger partial charge in [0.1, 0.15) is 5.75 Å². The lowest BCUT2D eigenvalue weighted by Crippen LogP contribution is -2.25. The maximum absolute atomic E-state index is 11.2. The lowest BCUT2D eigenvalue weighted by molar-refractivity contribution is -0.121. The number of rotatable bonds is 5. The van der Waals surface area contributed by atoms with Gasteiger partial charge >= 0.3 is 0 Å². The smallest absolute Gasteiger partial charge is 0.224 e. The second-order valence-electron chi connectivity index (χ2n) is 3.40. The van der Waals surface area contributed by atoms with E-state index in [0.29, 0.717) is 13.0 Å². The van der Waals surface area contributed by atoms with Gasteiger partial charge in [-0.05, 0) is 24.6 Å². The molecule has 1 aromatic carbocycles. The fourth-order valence-corrected chi connectivity index (χ4v) is 1.20. The second kappa shape index (κ2) is 6.52. The maximum atomic E-state index is 11.2. The average molecular weight is 217 g/mol. The van der Waals surface area contributed by atoms with Crippen LogP contribution in [0.25, 0.3) is 0 Å². The summed E-state index contributed by atoms with van der Waals surface area (Å²) in [6.45, 7) is 2.62. The van der Waals surface area contributed by atoms with Gasteiger partial charge in [0.15, 0.2) is 0 Å². The van der Waals surface area contributed by atoms with Crippen LogP contribution < -0.4 is 10.1 Å². The zero-order chi connectivity index (χ0) is 11.8. The van der Waals surface area contributed by atoms with Gasteiger partial charge < -0.3 is 10.1 Å². The number of carbonyl (C=O) groups excluding carboxylic acids is 1. The Balaban J connectivity index is 2.26. The zero-order valence-corrected chi connectivity index (χ0v) is 9.32. The van der Waals surface area contributed by atoms with Crippen molar-refractivity contribution < 1.29 is 9.53 Å². The van der Waals surface area contributed by atoms with Gasteiger partial charge in [0.25, 0.3) is 0 Å². The van der Waals surface area contributed by atoms with Crippen LogP contribution in [0.3, 0.4) is 0 Å². The van der Waals surface area contributed by atoms with Crippen LogP contribution in [0.5, 0.6) is 5.75 Å². The third-order valence-electron chi connectivity index (χ3n) is 1.98. The van der Waals surface area contributed by atoms with Crippen LogP contribution in [0, 0.1) is 19.3 Å². The molecule has 0 saturated heterocycles. The van der Waals surface area contributed by atoms with Crippen LogP contribution >= 0.6 is 0 Å². The Hall–Kier alpha value is -1.95. The Morgan fingerprint density at radius 1 is 1.56 bits per heavy atom. The van der Waals surface area contributed by atoms with E-state index in [0.717, 1.165) is 11.3 Å². The van der Waals surface area contributed by atoms with Gasteiger partial charge in [-0.15, -0.1) is 6.42 Å². The standard InChI is InChI=1S/C13H15NO2/c1-3-8-14-13(15)7-9-16-12-6-4-5-11(2)10-12/h1,4-6,10H,7-9H2,2H3,(H,14,15). The van der Waals surface area contributed by atoms with Crippen molar-refractivity contribution in [3.63, 3.8) is 0 Å². The molecule has 0 aliphatic carbocycles. The van der Waals surface area contributed by atoms with E-state index in [1.54, 1.807) is 0 Å². The topological polar surface area (TPSA) is 38.3 Å². The minimum absolute atomic E-state index is 0.0920. The Bertz CT molecular complexity index is 393. The van der Waals surface area contributed by atoms with Crippen molar-refractivity contribution in [3.05, 3.63) is 29.8 Å². The molecule has 0 heterocycles. The molecule has 16 heavy (non-hydrogen) atoms. The van der Waals surface area contributed by atoms with Crippen molar-refractivity contribution >= 4 is 5.91 Å². The van der Waals surface area contributed by atoms with Gasteiger partial charge in [-0.1, -0.05) is 18.1 Å². The van der Waals surface area contributed by atoms with Gasteiger partial charge in [0, 0.05) is 0 Å². The van der Waals surface area contributed by atoms with Crippen LogP contribution in [0.1, 0.15) is 12.0 Å². The fraction of sp³-hybridized carbons (Fsp3) is 0.308. The summed E-state index contributed by atoms with van der Waals surface area (Å²) < 4.78 is 5.42. The molecule has 84 valence electrons. The molecule has 0 aromatic heterocycles. The largest absolute Gasteiger partial charge is 0.493 e. The number of terminal acetylenes is 1.